The third-order valence-electron chi connectivity index (χ3n) is 11.0. The maximum absolute atomic E-state index is 6.45. The average molecular weight is 688 g/mol. The maximum atomic E-state index is 6.45. The molecule has 54 heavy (non-hydrogen) atoms. The van der Waals surface area contributed by atoms with Crippen LogP contribution in [0.1, 0.15) is 0 Å². The molecular formula is C52H33NO. The summed E-state index contributed by atoms with van der Waals surface area (Å²) < 4.78 is 6.45. The molecule has 11 rings (SSSR count). The summed E-state index contributed by atoms with van der Waals surface area (Å²) in [6.45, 7) is 0. The van der Waals surface area contributed by atoms with Gasteiger partial charge >= 0.3 is 0 Å². The second-order valence-corrected chi connectivity index (χ2v) is 14.1. The standard InChI is InChI=1S/C52H33NO/c1-2-12-34(13-3-1)35-22-24-39(25-23-35)53(40-26-29-51-49(33-40)48-30-36-14-4-5-15-37(36)32-52(48)54-51)50-28-27-45(43-19-10-11-21-46(43)50)47-31-38-16-6-7-17-41(38)42-18-8-9-20-44(42)47/h1-33H. The number of hydrogen-bond acceptors (Lipinski definition) is 2. The quantitative estimate of drug-likeness (QED) is 0.168. The molecule has 0 aliphatic heterocycles. The lowest BCUT2D eigenvalue weighted by atomic mass is 9.90. The Hall–Kier alpha value is -7.16. The predicted octanol–water partition coefficient (Wildman–Crippen LogP) is 15.0. The summed E-state index contributed by atoms with van der Waals surface area (Å²) in [6, 6.07) is 72.4. The fourth-order valence-electron chi connectivity index (χ4n) is 8.44. The van der Waals surface area contributed by atoms with E-state index in [-0.39, 0.29) is 0 Å². The van der Waals surface area contributed by atoms with E-state index < -0.39 is 0 Å². The molecular weight excluding hydrogens is 655 g/mol. The zero-order chi connectivity index (χ0) is 35.6. The van der Waals surface area contributed by atoms with E-state index >= 15 is 0 Å². The van der Waals surface area contributed by atoms with Crippen molar-refractivity contribution in [3.05, 3.63) is 200 Å². The smallest absolute Gasteiger partial charge is 0.136 e. The highest BCUT2D eigenvalue weighted by atomic mass is 16.3. The van der Waals surface area contributed by atoms with Crippen LogP contribution in [0, 0.1) is 0 Å². The minimum atomic E-state index is 0.881. The van der Waals surface area contributed by atoms with Crippen LogP contribution in [0.15, 0.2) is 205 Å². The van der Waals surface area contributed by atoms with Gasteiger partial charge in [-0.2, -0.15) is 0 Å². The third-order valence-corrected chi connectivity index (χ3v) is 11.0. The molecule has 2 nitrogen and oxygen atoms in total. The highest BCUT2D eigenvalue weighted by molar-refractivity contribution is 6.18. The maximum Gasteiger partial charge on any atom is 0.136 e. The fraction of sp³-hybridized carbons (Fsp3) is 0. The molecule has 1 aromatic heterocycles. The second-order valence-electron chi connectivity index (χ2n) is 14.1. The first-order chi connectivity index (χ1) is 26.8. The van der Waals surface area contributed by atoms with Gasteiger partial charge in [-0.25, -0.2) is 0 Å². The third kappa shape index (κ3) is 4.88. The number of hydrogen-bond donors (Lipinski definition) is 0. The number of rotatable bonds is 5. The molecule has 0 fully saturated rings. The van der Waals surface area contributed by atoms with E-state index in [1.807, 2.05) is 0 Å². The van der Waals surface area contributed by atoms with Crippen molar-refractivity contribution >= 4 is 82.1 Å². The summed E-state index contributed by atoms with van der Waals surface area (Å²) in [6.07, 6.45) is 0. The molecule has 0 saturated heterocycles. The van der Waals surface area contributed by atoms with E-state index in [0.717, 1.165) is 39.0 Å². The lowest BCUT2D eigenvalue weighted by molar-refractivity contribution is 0.669. The van der Waals surface area contributed by atoms with E-state index in [1.165, 1.54) is 65.3 Å². The van der Waals surface area contributed by atoms with Crippen molar-refractivity contribution in [3.63, 3.8) is 0 Å². The topological polar surface area (TPSA) is 16.4 Å². The zero-order valence-corrected chi connectivity index (χ0v) is 29.4. The lowest BCUT2D eigenvalue weighted by Crippen LogP contribution is -2.10. The minimum Gasteiger partial charge on any atom is -0.456 e. The molecule has 10 aromatic carbocycles. The van der Waals surface area contributed by atoms with Crippen LogP contribution in [0.2, 0.25) is 0 Å². The Labute approximate surface area is 312 Å². The van der Waals surface area contributed by atoms with Crippen LogP contribution in [-0.2, 0) is 0 Å². The number of fused-ring (bicyclic) bond motifs is 8. The molecule has 0 bridgehead atoms. The van der Waals surface area contributed by atoms with Crippen LogP contribution in [0.4, 0.5) is 17.1 Å². The lowest BCUT2D eigenvalue weighted by Gasteiger charge is -2.28. The number of anilines is 3. The molecule has 0 aliphatic carbocycles. The SMILES string of the molecule is c1ccc(-c2ccc(N(c3ccc4oc5cc6ccccc6cc5c4c3)c3ccc(-c4cc5ccccc5c5ccccc45)c4ccccc34)cc2)cc1. The van der Waals surface area contributed by atoms with Crippen molar-refractivity contribution < 1.29 is 4.42 Å². The average Bonchev–Trinajstić information content (AvgIpc) is 3.60. The summed E-state index contributed by atoms with van der Waals surface area (Å²) in [4.78, 5) is 2.40. The Morgan fingerprint density at radius 1 is 0.296 bits per heavy atom. The van der Waals surface area contributed by atoms with Gasteiger partial charge in [0.05, 0.1) is 5.69 Å². The van der Waals surface area contributed by atoms with Crippen LogP contribution in [0.25, 0.3) is 87.3 Å². The van der Waals surface area contributed by atoms with E-state index in [2.05, 4.69) is 205 Å². The van der Waals surface area contributed by atoms with Crippen LogP contribution in [0.3, 0.4) is 0 Å². The molecule has 0 radical (unpaired) electrons. The van der Waals surface area contributed by atoms with Gasteiger partial charge in [-0.15, -0.1) is 0 Å². The Balaban J connectivity index is 1.14. The summed E-state index contributed by atoms with van der Waals surface area (Å²) in [5, 5.41) is 12.0. The predicted molar refractivity (Wildman–Crippen MR) is 229 cm³/mol. The first-order valence-corrected chi connectivity index (χ1v) is 18.5. The van der Waals surface area contributed by atoms with Gasteiger partial charge in [-0.05, 0) is 115 Å². The van der Waals surface area contributed by atoms with Crippen LogP contribution >= 0.6 is 0 Å². The number of nitrogens with zero attached hydrogens (tertiary/aromatic N) is 1. The molecule has 0 N–H and O–H groups in total. The summed E-state index contributed by atoms with van der Waals surface area (Å²) in [5.74, 6) is 0. The van der Waals surface area contributed by atoms with Crippen molar-refractivity contribution in [1.29, 1.82) is 0 Å². The molecule has 11 aromatic rings. The molecule has 0 unspecified atom stereocenters. The van der Waals surface area contributed by atoms with Gasteiger partial charge in [-0.1, -0.05) is 146 Å². The Morgan fingerprint density at radius 3 is 1.65 bits per heavy atom. The molecule has 2 heteroatoms. The molecule has 0 spiro atoms. The molecule has 252 valence electrons. The normalized spacial score (nSPS) is 11.7. The first kappa shape index (κ1) is 30.5. The van der Waals surface area contributed by atoms with E-state index in [0.29, 0.717) is 0 Å². The van der Waals surface area contributed by atoms with Gasteiger partial charge in [-0.3, -0.25) is 0 Å². The van der Waals surface area contributed by atoms with Crippen molar-refractivity contribution in [2.75, 3.05) is 4.90 Å². The van der Waals surface area contributed by atoms with Gasteiger partial charge < -0.3 is 9.32 Å². The molecule has 0 saturated carbocycles. The highest BCUT2D eigenvalue weighted by Crippen LogP contribution is 2.46. The van der Waals surface area contributed by atoms with Crippen LogP contribution in [0.5, 0.6) is 0 Å². The van der Waals surface area contributed by atoms with E-state index in [1.54, 1.807) is 0 Å². The molecule has 0 atom stereocenters. The number of furan rings is 1. The van der Waals surface area contributed by atoms with E-state index in [4.69, 9.17) is 4.42 Å². The zero-order valence-electron chi connectivity index (χ0n) is 29.4. The van der Waals surface area contributed by atoms with Gasteiger partial charge in [0.2, 0.25) is 0 Å². The van der Waals surface area contributed by atoms with Crippen molar-refractivity contribution in [1.82, 2.24) is 0 Å². The summed E-state index contributed by atoms with van der Waals surface area (Å²) in [5.41, 5.74) is 9.90. The largest absolute Gasteiger partial charge is 0.456 e. The van der Waals surface area contributed by atoms with Crippen LogP contribution in [-0.4, -0.2) is 0 Å². The van der Waals surface area contributed by atoms with Gasteiger partial charge in [0.15, 0.2) is 0 Å². The fourth-order valence-corrected chi connectivity index (χ4v) is 8.44. The monoisotopic (exact) mass is 687 g/mol. The van der Waals surface area contributed by atoms with E-state index in [9.17, 15) is 0 Å². The summed E-state index contributed by atoms with van der Waals surface area (Å²) >= 11 is 0. The Morgan fingerprint density at radius 2 is 0.870 bits per heavy atom. The van der Waals surface area contributed by atoms with Crippen molar-refractivity contribution in [3.8, 4) is 22.3 Å². The summed E-state index contributed by atoms with van der Waals surface area (Å²) in [7, 11) is 0. The Kier molecular flexibility index (Phi) is 6.90. The van der Waals surface area contributed by atoms with Crippen molar-refractivity contribution in [2.24, 2.45) is 0 Å². The molecule has 1 heterocycles. The van der Waals surface area contributed by atoms with Gasteiger partial charge in [0.25, 0.3) is 0 Å². The number of benzene rings is 10. The highest BCUT2D eigenvalue weighted by Gasteiger charge is 2.20. The first-order valence-electron chi connectivity index (χ1n) is 18.5. The second kappa shape index (κ2) is 12.2. The van der Waals surface area contributed by atoms with Crippen LogP contribution < -0.4 is 4.90 Å². The van der Waals surface area contributed by atoms with Gasteiger partial charge in [0.1, 0.15) is 11.2 Å². The minimum absolute atomic E-state index is 0.881. The molecule has 0 amide bonds. The molecule has 0 aliphatic rings. The van der Waals surface area contributed by atoms with Crippen molar-refractivity contribution in [2.45, 2.75) is 0 Å². The Bertz CT molecular complexity index is 3210. The van der Waals surface area contributed by atoms with Gasteiger partial charge in [0, 0.05) is 27.5 Å².